The van der Waals surface area contributed by atoms with Gasteiger partial charge < -0.3 is 19.1 Å². The number of piperidine rings is 1. The summed E-state index contributed by atoms with van der Waals surface area (Å²) >= 11 is 0. The van der Waals surface area contributed by atoms with Crippen molar-refractivity contribution in [3.05, 3.63) is 42.1 Å². The number of fused-ring (bicyclic) bond motifs is 2. The van der Waals surface area contributed by atoms with Crippen LogP contribution in [0.1, 0.15) is 25.6 Å². The summed E-state index contributed by atoms with van der Waals surface area (Å²) in [6, 6.07) is 6.47. The average Bonchev–Trinajstić information content (AvgIpc) is 3.14. The molecule has 0 radical (unpaired) electrons. The first-order valence-electron chi connectivity index (χ1n) is 9.83. The maximum Gasteiger partial charge on any atom is 0.248 e. The number of methoxy groups -OCH3 is 1. The van der Waals surface area contributed by atoms with Gasteiger partial charge in [0.2, 0.25) is 11.8 Å². The first-order valence-corrected chi connectivity index (χ1v) is 9.83. The zero-order valence-corrected chi connectivity index (χ0v) is 16.7. The molecule has 2 amide bonds. The van der Waals surface area contributed by atoms with Crippen LogP contribution in [0.2, 0.25) is 0 Å². The lowest BCUT2D eigenvalue weighted by atomic mass is 9.83. The van der Waals surface area contributed by atoms with Crippen molar-refractivity contribution in [2.45, 2.75) is 31.8 Å². The van der Waals surface area contributed by atoms with Crippen LogP contribution >= 0.6 is 0 Å². The van der Waals surface area contributed by atoms with Crippen LogP contribution in [0.15, 0.2) is 30.5 Å². The summed E-state index contributed by atoms with van der Waals surface area (Å²) < 4.78 is 20.8. The van der Waals surface area contributed by atoms with Gasteiger partial charge in [0.05, 0.1) is 11.9 Å². The van der Waals surface area contributed by atoms with Crippen molar-refractivity contribution in [3.8, 4) is 11.3 Å². The third-order valence-electron chi connectivity index (χ3n) is 6.05. The summed E-state index contributed by atoms with van der Waals surface area (Å²) in [7, 11) is 1.51. The fraction of sp³-hybridized carbons (Fsp3) is 0.476. The minimum Gasteiger partial charge on any atom is -0.375 e. The molecule has 2 aromatic rings. The quantitative estimate of drug-likeness (QED) is 0.791. The molecular weight excluding hydrogens is 375 g/mol. The van der Waals surface area contributed by atoms with Crippen molar-refractivity contribution in [2.75, 3.05) is 33.4 Å². The molecule has 0 N–H and O–H groups in total. The Morgan fingerprint density at radius 2 is 1.97 bits per heavy atom. The van der Waals surface area contributed by atoms with E-state index in [0.29, 0.717) is 39.0 Å². The lowest BCUT2D eigenvalue weighted by Crippen LogP contribution is -2.59. The fourth-order valence-corrected chi connectivity index (χ4v) is 4.68. The van der Waals surface area contributed by atoms with E-state index in [9.17, 15) is 14.0 Å². The second-order valence-corrected chi connectivity index (χ2v) is 7.65. The Labute approximate surface area is 169 Å². The number of halogens is 1. The maximum absolute atomic E-state index is 13.8. The third-order valence-corrected chi connectivity index (χ3v) is 6.05. The van der Waals surface area contributed by atoms with Gasteiger partial charge in [-0.3, -0.25) is 9.59 Å². The van der Waals surface area contributed by atoms with Crippen LogP contribution in [-0.2, 0) is 26.4 Å². The minimum absolute atomic E-state index is 0.00298. The summed E-state index contributed by atoms with van der Waals surface area (Å²) in [4.78, 5) is 33.0. The summed E-state index contributed by atoms with van der Waals surface area (Å²) in [5, 5.41) is 0. The van der Waals surface area contributed by atoms with Gasteiger partial charge in [0.15, 0.2) is 0 Å². The van der Waals surface area contributed by atoms with E-state index in [1.54, 1.807) is 24.1 Å². The number of aromatic nitrogens is 2. The molecule has 1 saturated heterocycles. The lowest BCUT2D eigenvalue weighted by molar-refractivity contribution is -0.145. The van der Waals surface area contributed by atoms with E-state index >= 15 is 0 Å². The van der Waals surface area contributed by atoms with Crippen molar-refractivity contribution in [3.63, 3.8) is 0 Å². The monoisotopic (exact) mass is 400 g/mol. The van der Waals surface area contributed by atoms with Crippen molar-refractivity contribution in [1.82, 2.24) is 19.4 Å². The molecule has 154 valence electrons. The molecule has 4 rings (SSSR count). The first-order chi connectivity index (χ1) is 14.0. The van der Waals surface area contributed by atoms with Gasteiger partial charge in [0, 0.05) is 45.8 Å². The Hall–Kier alpha value is -2.74. The lowest BCUT2D eigenvalue weighted by Gasteiger charge is -2.50. The molecule has 29 heavy (non-hydrogen) atoms. The van der Waals surface area contributed by atoms with Crippen LogP contribution in [0.25, 0.3) is 11.3 Å². The summed E-state index contributed by atoms with van der Waals surface area (Å²) in [5.41, 5.74) is 1.06. The highest BCUT2D eigenvalue weighted by Gasteiger charge is 2.48. The molecule has 0 atom stereocenters. The van der Waals surface area contributed by atoms with E-state index in [1.807, 2.05) is 11.0 Å². The Morgan fingerprint density at radius 3 is 2.62 bits per heavy atom. The van der Waals surface area contributed by atoms with E-state index in [4.69, 9.17) is 9.72 Å². The topological polar surface area (TPSA) is 67.7 Å². The molecule has 0 unspecified atom stereocenters. The molecule has 7 nitrogen and oxygen atoms in total. The van der Waals surface area contributed by atoms with Crippen molar-refractivity contribution in [2.24, 2.45) is 0 Å². The zero-order valence-electron chi connectivity index (χ0n) is 16.7. The number of nitrogens with zero attached hydrogens (tertiary/aromatic N) is 4. The maximum atomic E-state index is 13.8. The third kappa shape index (κ3) is 3.31. The van der Waals surface area contributed by atoms with Gasteiger partial charge in [-0.15, -0.1) is 0 Å². The first kappa shape index (κ1) is 19.6. The van der Waals surface area contributed by atoms with Crippen LogP contribution in [0, 0.1) is 5.82 Å². The molecule has 3 heterocycles. The van der Waals surface area contributed by atoms with Gasteiger partial charge >= 0.3 is 0 Å². The summed E-state index contributed by atoms with van der Waals surface area (Å²) in [6.45, 7) is 3.88. The number of rotatable bonds is 3. The normalized spacial score (nSPS) is 18.0. The second kappa shape index (κ2) is 7.59. The standard InChI is InChI=1S/C21H25FN4O3/c1-15(27)26-11-10-25-18(16-4-3-5-17(22)12-16)13-23-20(25)21(26)6-8-24(9-7-21)19(28)14-29-2/h3-5,12-13H,6-11,14H2,1-2H3. The van der Waals surface area contributed by atoms with E-state index in [2.05, 4.69) is 4.57 Å². The fourth-order valence-electron chi connectivity index (χ4n) is 4.68. The Morgan fingerprint density at radius 1 is 1.21 bits per heavy atom. The predicted molar refractivity (Wildman–Crippen MR) is 104 cm³/mol. The largest absolute Gasteiger partial charge is 0.375 e. The molecule has 8 heteroatoms. The van der Waals surface area contributed by atoms with E-state index < -0.39 is 5.54 Å². The van der Waals surface area contributed by atoms with Gasteiger partial charge in [-0.2, -0.15) is 0 Å². The minimum atomic E-state index is -0.556. The van der Waals surface area contributed by atoms with Crippen LogP contribution in [0.3, 0.4) is 0 Å². The van der Waals surface area contributed by atoms with Crippen molar-refractivity contribution >= 4 is 11.8 Å². The van der Waals surface area contributed by atoms with Gasteiger partial charge in [-0.1, -0.05) is 12.1 Å². The highest BCUT2D eigenvalue weighted by molar-refractivity contribution is 5.78. The summed E-state index contributed by atoms with van der Waals surface area (Å²) in [6.07, 6.45) is 2.99. The molecule has 1 aromatic heterocycles. The number of carbonyl (C=O) groups is 2. The number of likely N-dealkylation sites (tertiary alicyclic amines) is 1. The van der Waals surface area contributed by atoms with Crippen molar-refractivity contribution in [1.29, 1.82) is 0 Å². The average molecular weight is 400 g/mol. The Balaban J connectivity index is 1.70. The number of benzene rings is 1. The molecular formula is C21H25FN4O3. The van der Waals surface area contributed by atoms with E-state index in [1.165, 1.54) is 19.2 Å². The van der Waals surface area contributed by atoms with Crippen molar-refractivity contribution < 1.29 is 18.7 Å². The number of imidazole rings is 1. The number of hydrogen-bond donors (Lipinski definition) is 0. The number of hydrogen-bond acceptors (Lipinski definition) is 4. The predicted octanol–water partition coefficient (Wildman–Crippen LogP) is 2.02. The molecule has 2 aliphatic heterocycles. The van der Waals surface area contributed by atoms with Crippen LogP contribution in [-0.4, -0.2) is 64.5 Å². The van der Waals surface area contributed by atoms with Gasteiger partial charge in [0.1, 0.15) is 23.8 Å². The number of amides is 2. The van der Waals surface area contributed by atoms with Gasteiger partial charge in [-0.25, -0.2) is 9.37 Å². The summed E-state index contributed by atoms with van der Waals surface area (Å²) in [5.74, 6) is 0.482. The Bertz CT molecular complexity index is 934. The van der Waals surface area contributed by atoms with Crippen LogP contribution in [0.4, 0.5) is 4.39 Å². The van der Waals surface area contributed by atoms with Crippen LogP contribution in [0.5, 0.6) is 0 Å². The SMILES string of the molecule is COCC(=O)N1CCC2(CC1)c1ncc(-c3cccc(F)c3)n1CCN2C(C)=O. The molecule has 0 bridgehead atoms. The molecule has 0 aliphatic carbocycles. The van der Waals surface area contributed by atoms with Gasteiger partial charge in [0.25, 0.3) is 0 Å². The molecule has 1 fully saturated rings. The van der Waals surface area contributed by atoms with E-state index in [0.717, 1.165) is 17.1 Å². The highest BCUT2D eigenvalue weighted by Crippen LogP contribution is 2.42. The second-order valence-electron chi connectivity index (χ2n) is 7.65. The molecule has 1 spiro atoms. The number of ether oxygens (including phenoxy) is 1. The molecule has 1 aromatic carbocycles. The molecule has 0 saturated carbocycles. The number of carbonyl (C=O) groups excluding carboxylic acids is 2. The van der Waals surface area contributed by atoms with E-state index in [-0.39, 0.29) is 24.2 Å². The highest BCUT2D eigenvalue weighted by atomic mass is 19.1. The van der Waals surface area contributed by atoms with Gasteiger partial charge in [-0.05, 0) is 25.0 Å². The van der Waals surface area contributed by atoms with Crippen LogP contribution < -0.4 is 0 Å². The smallest absolute Gasteiger partial charge is 0.248 e. The molecule has 2 aliphatic rings. The zero-order chi connectivity index (χ0) is 20.6. The Kier molecular flexibility index (Phi) is 5.12.